The first-order valence-corrected chi connectivity index (χ1v) is 8.45. The van der Waals surface area contributed by atoms with Gasteiger partial charge in [0, 0.05) is 35.7 Å². The van der Waals surface area contributed by atoms with Crippen LogP contribution < -0.4 is 10.1 Å². The van der Waals surface area contributed by atoms with Gasteiger partial charge in [-0.3, -0.25) is 0 Å². The molecule has 0 spiro atoms. The van der Waals surface area contributed by atoms with Crippen molar-refractivity contribution in [1.82, 2.24) is 5.32 Å². The van der Waals surface area contributed by atoms with Crippen molar-refractivity contribution >= 4 is 6.09 Å². The molecule has 0 aliphatic carbocycles. The Bertz CT molecular complexity index is 865. The van der Waals surface area contributed by atoms with Gasteiger partial charge in [0.25, 0.3) is 0 Å². The molecule has 8 heteroatoms. The van der Waals surface area contributed by atoms with E-state index < -0.39 is 18.3 Å². The van der Waals surface area contributed by atoms with Gasteiger partial charge < -0.3 is 35.2 Å². The van der Waals surface area contributed by atoms with Gasteiger partial charge in [-0.25, -0.2) is 4.79 Å². The Morgan fingerprint density at radius 3 is 2.52 bits per heavy atom. The van der Waals surface area contributed by atoms with Crippen LogP contribution in [0.1, 0.15) is 31.1 Å². The van der Waals surface area contributed by atoms with Crippen molar-refractivity contribution in [2.45, 2.75) is 38.5 Å². The van der Waals surface area contributed by atoms with Crippen molar-refractivity contribution < 1.29 is 34.7 Å². The number of ether oxygens (including phenoxy) is 2. The molecule has 1 aliphatic rings. The van der Waals surface area contributed by atoms with E-state index in [4.69, 9.17) is 9.47 Å². The van der Waals surface area contributed by atoms with Gasteiger partial charge in [-0.2, -0.15) is 0 Å². The zero-order valence-electron chi connectivity index (χ0n) is 14.8. The highest BCUT2D eigenvalue weighted by molar-refractivity contribution is 5.68. The summed E-state index contributed by atoms with van der Waals surface area (Å²) >= 11 is 0. The number of hydrogen-bond acceptors (Lipinski definition) is 7. The molecule has 2 aromatic rings. The summed E-state index contributed by atoms with van der Waals surface area (Å²) in [5.41, 5.74) is 0.857. The van der Waals surface area contributed by atoms with Crippen molar-refractivity contribution in [2.24, 2.45) is 0 Å². The molecule has 27 heavy (non-hydrogen) atoms. The molecule has 3 rings (SSSR count). The van der Waals surface area contributed by atoms with Crippen LogP contribution in [-0.4, -0.2) is 38.7 Å². The van der Waals surface area contributed by atoms with Gasteiger partial charge in [0.15, 0.2) is 17.6 Å². The number of fused-ring (bicyclic) bond motifs is 1. The Labute approximate surface area is 155 Å². The molecule has 0 saturated heterocycles. The Morgan fingerprint density at radius 2 is 1.85 bits per heavy atom. The first-order chi connectivity index (χ1) is 12.7. The van der Waals surface area contributed by atoms with Crippen LogP contribution in [0.3, 0.4) is 0 Å². The first kappa shape index (κ1) is 18.5. The van der Waals surface area contributed by atoms with Crippen molar-refractivity contribution in [1.29, 1.82) is 0 Å². The van der Waals surface area contributed by atoms with E-state index in [9.17, 15) is 25.2 Å². The highest BCUT2D eigenvalue weighted by Crippen LogP contribution is 2.43. The summed E-state index contributed by atoms with van der Waals surface area (Å²) < 4.78 is 11.4. The monoisotopic (exact) mass is 375 g/mol. The number of nitrogens with one attached hydrogen (secondary N) is 1. The SMILES string of the molecule is CC(C)NC(=O)O[C@@H]1Cc2c(O)cc(O)cc2O[C@@H]1c1ccc(O)c(O)c1. The summed E-state index contributed by atoms with van der Waals surface area (Å²) in [6, 6.07) is 6.55. The zero-order valence-corrected chi connectivity index (χ0v) is 14.8. The van der Waals surface area contributed by atoms with Crippen LogP contribution in [0.15, 0.2) is 30.3 Å². The maximum atomic E-state index is 12.1. The highest BCUT2D eigenvalue weighted by atomic mass is 16.6. The van der Waals surface area contributed by atoms with Crippen LogP contribution in [0.4, 0.5) is 4.79 Å². The summed E-state index contributed by atoms with van der Waals surface area (Å²) in [4.78, 5) is 12.1. The van der Waals surface area contributed by atoms with Crippen molar-refractivity contribution in [2.75, 3.05) is 0 Å². The Morgan fingerprint density at radius 1 is 1.11 bits per heavy atom. The van der Waals surface area contributed by atoms with Gasteiger partial charge in [0.05, 0.1) is 0 Å². The van der Waals surface area contributed by atoms with Crippen molar-refractivity contribution in [3.05, 3.63) is 41.5 Å². The maximum absolute atomic E-state index is 12.1. The molecular formula is C19H21NO7. The van der Waals surface area contributed by atoms with Crippen molar-refractivity contribution in [3.63, 3.8) is 0 Å². The highest BCUT2D eigenvalue weighted by Gasteiger charge is 2.36. The third kappa shape index (κ3) is 3.94. The number of alkyl carbamates (subject to hydrolysis) is 1. The standard InChI is InChI=1S/C19H21NO7/c1-9(2)20-19(25)27-17-8-12-14(23)6-11(21)7-16(12)26-18(17)10-3-4-13(22)15(24)5-10/h3-7,9,17-18,21-24H,8H2,1-2H3,(H,20,25)/t17-,18-/m1/s1. The zero-order chi connectivity index (χ0) is 19.7. The van der Waals surface area contributed by atoms with Crippen LogP contribution in [-0.2, 0) is 11.2 Å². The van der Waals surface area contributed by atoms with E-state index in [1.54, 1.807) is 13.8 Å². The second kappa shape index (κ2) is 7.14. The molecule has 0 bridgehead atoms. The molecular weight excluding hydrogens is 354 g/mol. The number of carbonyl (C=O) groups excluding carboxylic acids is 1. The Hall–Kier alpha value is -3.29. The number of phenols is 4. The first-order valence-electron chi connectivity index (χ1n) is 8.45. The lowest BCUT2D eigenvalue weighted by molar-refractivity contribution is 0.00163. The van der Waals surface area contributed by atoms with Crippen LogP contribution >= 0.6 is 0 Å². The number of benzene rings is 2. The fourth-order valence-electron chi connectivity index (χ4n) is 2.96. The number of aromatic hydroxyl groups is 4. The van der Waals surface area contributed by atoms with Crippen molar-refractivity contribution in [3.8, 4) is 28.7 Å². The lowest BCUT2D eigenvalue weighted by atomic mass is 9.93. The molecule has 5 N–H and O–H groups in total. The maximum Gasteiger partial charge on any atom is 0.407 e. The number of phenolic OH excluding ortho intramolecular Hbond substituents is 4. The fraction of sp³-hybridized carbons (Fsp3) is 0.316. The van der Waals surface area contributed by atoms with E-state index in [0.717, 1.165) is 0 Å². The molecule has 1 heterocycles. The van der Waals surface area contributed by atoms with Crippen LogP contribution in [0, 0.1) is 0 Å². The minimum Gasteiger partial charge on any atom is -0.508 e. The van der Waals surface area contributed by atoms with E-state index in [2.05, 4.69) is 5.32 Å². The molecule has 0 saturated carbocycles. The summed E-state index contributed by atoms with van der Waals surface area (Å²) in [6.45, 7) is 3.58. The van der Waals surface area contributed by atoms with Gasteiger partial charge in [-0.15, -0.1) is 0 Å². The minimum atomic E-state index is -0.817. The normalized spacial score (nSPS) is 18.5. The fourth-order valence-corrected chi connectivity index (χ4v) is 2.96. The molecule has 0 fully saturated rings. The largest absolute Gasteiger partial charge is 0.508 e. The molecule has 8 nitrogen and oxygen atoms in total. The van der Waals surface area contributed by atoms with Crippen LogP contribution in [0.25, 0.3) is 0 Å². The average molecular weight is 375 g/mol. The quantitative estimate of drug-likeness (QED) is 0.522. The summed E-state index contributed by atoms with van der Waals surface area (Å²) in [5.74, 6) is -0.731. The number of carbonyl (C=O) groups is 1. The predicted octanol–water partition coefficient (Wildman–Crippen LogP) is 2.69. The second-order valence-electron chi connectivity index (χ2n) is 6.68. The van der Waals surface area contributed by atoms with Gasteiger partial charge in [0.1, 0.15) is 23.4 Å². The van der Waals surface area contributed by atoms with E-state index >= 15 is 0 Å². The number of amides is 1. The van der Waals surface area contributed by atoms with E-state index in [0.29, 0.717) is 11.1 Å². The van der Waals surface area contributed by atoms with Crippen LogP contribution in [0.5, 0.6) is 28.7 Å². The Kier molecular flexibility index (Phi) is 4.89. The lowest BCUT2D eigenvalue weighted by Gasteiger charge is -2.34. The number of rotatable bonds is 3. The predicted molar refractivity (Wildman–Crippen MR) is 95.2 cm³/mol. The summed E-state index contributed by atoms with van der Waals surface area (Å²) in [7, 11) is 0. The van der Waals surface area contributed by atoms with E-state index in [-0.39, 0.29) is 41.2 Å². The third-order valence-corrected chi connectivity index (χ3v) is 4.16. The van der Waals surface area contributed by atoms with E-state index in [1.165, 1.54) is 30.3 Å². The summed E-state index contributed by atoms with van der Waals surface area (Å²) in [6.07, 6.45) is -2.13. The van der Waals surface area contributed by atoms with E-state index in [1.807, 2.05) is 0 Å². The molecule has 2 atom stereocenters. The summed E-state index contributed by atoms with van der Waals surface area (Å²) in [5, 5.41) is 41.8. The molecule has 1 aliphatic heterocycles. The molecule has 2 aromatic carbocycles. The van der Waals surface area contributed by atoms with Gasteiger partial charge in [-0.05, 0) is 26.0 Å². The van der Waals surface area contributed by atoms with Gasteiger partial charge in [-0.1, -0.05) is 6.07 Å². The average Bonchev–Trinajstić information content (AvgIpc) is 2.56. The van der Waals surface area contributed by atoms with Gasteiger partial charge in [0.2, 0.25) is 0 Å². The lowest BCUT2D eigenvalue weighted by Crippen LogP contribution is -2.39. The third-order valence-electron chi connectivity index (χ3n) is 4.16. The molecule has 0 unspecified atom stereocenters. The molecule has 0 aromatic heterocycles. The number of hydrogen-bond donors (Lipinski definition) is 5. The topological polar surface area (TPSA) is 128 Å². The molecule has 1 amide bonds. The van der Waals surface area contributed by atoms with Gasteiger partial charge >= 0.3 is 6.09 Å². The Balaban J connectivity index is 1.97. The molecule has 0 radical (unpaired) electrons. The minimum absolute atomic E-state index is 0.129. The smallest absolute Gasteiger partial charge is 0.407 e. The van der Waals surface area contributed by atoms with Crippen LogP contribution in [0.2, 0.25) is 0 Å². The second-order valence-corrected chi connectivity index (χ2v) is 6.68. The molecule has 144 valence electrons.